The van der Waals surface area contributed by atoms with E-state index in [0.717, 1.165) is 22.6 Å². The maximum Gasteiger partial charge on any atom is 0.347 e. The first-order valence-corrected chi connectivity index (χ1v) is 8.07. The van der Waals surface area contributed by atoms with Crippen LogP contribution in [0, 0.1) is 6.92 Å². The predicted molar refractivity (Wildman–Crippen MR) is 85.0 cm³/mol. The van der Waals surface area contributed by atoms with Crippen molar-refractivity contribution in [2.45, 2.75) is 25.8 Å². The lowest BCUT2D eigenvalue weighted by molar-refractivity contribution is -0.123. The van der Waals surface area contributed by atoms with Gasteiger partial charge >= 0.3 is 5.97 Å². The molecule has 0 bridgehead atoms. The molecule has 1 aromatic heterocycles. The number of hydrogen-bond donors (Lipinski definition) is 2. The van der Waals surface area contributed by atoms with Crippen LogP contribution in [0.3, 0.4) is 0 Å². The van der Waals surface area contributed by atoms with E-state index in [9.17, 15) is 9.59 Å². The Hall–Kier alpha value is -2.41. The summed E-state index contributed by atoms with van der Waals surface area (Å²) < 4.78 is 5.56. The van der Waals surface area contributed by atoms with E-state index in [2.05, 4.69) is 10.3 Å². The third kappa shape index (κ3) is 3.19. The number of carbonyl (C=O) groups excluding carboxylic acids is 1. The van der Waals surface area contributed by atoms with Crippen molar-refractivity contribution in [1.29, 1.82) is 0 Å². The molecular weight excluding hydrogens is 316 g/mol. The minimum absolute atomic E-state index is 0.0921. The highest BCUT2D eigenvalue weighted by Crippen LogP contribution is 2.33. The van der Waals surface area contributed by atoms with Crippen LogP contribution in [0.25, 0.3) is 0 Å². The lowest BCUT2D eigenvalue weighted by atomic mass is 9.92. The number of ether oxygens (including phenoxy) is 1. The van der Waals surface area contributed by atoms with Crippen LogP contribution in [-0.2, 0) is 11.3 Å². The standard InChI is InChI=1S/C16H16N2O4S/c1-9-14(16(20)21)23-13(18-9)8-17-15(19)11-6-7-22-12-5-3-2-4-10(11)12/h2-5,11H,6-8H2,1H3,(H,17,19)(H,20,21). The fourth-order valence-electron chi connectivity index (χ4n) is 2.63. The molecule has 0 fully saturated rings. The lowest BCUT2D eigenvalue weighted by Gasteiger charge is -2.24. The number of nitrogens with one attached hydrogen (secondary N) is 1. The molecule has 2 aromatic rings. The minimum atomic E-state index is -0.990. The second-order valence-electron chi connectivity index (χ2n) is 5.27. The van der Waals surface area contributed by atoms with Crippen LogP contribution in [0.5, 0.6) is 5.75 Å². The molecule has 0 spiro atoms. The van der Waals surface area contributed by atoms with Crippen molar-refractivity contribution in [3.63, 3.8) is 0 Å². The van der Waals surface area contributed by atoms with E-state index in [1.54, 1.807) is 6.92 Å². The SMILES string of the molecule is Cc1nc(CNC(=O)C2CCOc3ccccc32)sc1C(=O)O. The average Bonchev–Trinajstić information content (AvgIpc) is 2.93. The summed E-state index contributed by atoms with van der Waals surface area (Å²) in [4.78, 5) is 27.9. The number of fused-ring (bicyclic) bond motifs is 1. The van der Waals surface area contributed by atoms with Gasteiger partial charge in [0.15, 0.2) is 0 Å². The lowest BCUT2D eigenvalue weighted by Crippen LogP contribution is -2.32. The number of aromatic nitrogens is 1. The molecule has 1 aliphatic rings. The van der Waals surface area contributed by atoms with Crippen LogP contribution in [0.15, 0.2) is 24.3 Å². The Kier molecular flexibility index (Phi) is 4.29. The van der Waals surface area contributed by atoms with Crippen molar-refractivity contribution in [1.82, 2.24) is 10.3 Å². The van der Waals surface area contributed by atoms with E-state index >= 15 is 0 Å². The third-order valence-electron chi connectivity index (χ3n) is 3.72. The van der Waals surface area contributed by atoms with Crippen LogP contribution in [-0.4, -0.2) is 28.6 Å². The summed E-state index contributed by atoms with van der Waals surface area (Å²) in [5.74, 6) is -0.585. The summed E-state index contributed by atoms with van der Waals surface area (Å²) in [6, 6.07) is 7.52. The van der Waals surface area contributed by atoms with E-state index in [1.165, 1.54) is 0 Å². The molecule has 0 radical (unpaired) electrons. The molecule has 0 aliphatic carbocycles. The molecule has 120 valence electrons. The highest BCUT2D eigenvalue weighted by Gasteiger charge is 2.27. The zero-order valence-electron chi connectivity index (χ0n) is 12.5. The average molecular weight is 332 g/mol. The van der Waals surface area contributed by atoms with Gasteiger partial charge in [0.25, 0.3) is 0 Å². The fourth-order valence-corrected chi connectivity index (χ4v) is 3.47. The fraction of sp³-hybridized carbons (Fsp3) is 0.312. The molecule has 6 nitrogen and oxygen atoms in total. The van der Waals surface area contributed by atoms with Crippen LogP contribution < -0.4 is 10.1 Å². The molecule has 0 saturated heterocycles. The number of thiazole rings is 1. The summed E-state index contributed by atoms with van der Waals surface area (Å²) in [6.07, 6.45) is 0.625. The number of aromatic carboxylic acids is 1. The van der Waals surface area contributed by atoms with Crippen molar-refractivity contribution in [3.05, 3.63) is 45.4 Å². The molecule has 0 saturated carbocycles. The van der Waals surface area contributed by atoms with E-state index < -0.39 is 5.97 Å². The van der Waals surface area contributed by atoms with Crippen molar-refractivity contribution in [2.75, 3.05) is 6.61 Å². The third-order valence-corrected chi connectivity index (χ3v) is 4.87. The van der Waals surface area contributed by atoms with Gasteiger partial charge in [0.2, 0.25) is 5.91 Å². The Labute approximate surface area is 137 Å². The molecule has 1 aromatic carbocycles. The Bertz CT molecular complexity index is 756. The number of aryl methyl sites for hydroxylation is 1. The van der Waals surface area contributed by atoms with E-state index in [1.807, 2.05) is 24.3 Å². The van der Waals surface area contributed by atoms with Crippen LogP contribution in [0.4, 0.5) is 0 Å². The summed E-state index contributed by atoms with van der Waals surface area (Å²) in [7, 11) is 0. The van der Waals surface area contributed by atoms with Crippen molar-refractivity contribution < 1.29 is 19.4 Å². The first-order valence-electron chi connectivity index (χ1n) is 7.25. The van der Waals surface area contributed by atoms with Gasteiger partial charge in [0, 0.05) is 5.56 Å². The first kappa shape index (κ1) is 15.5. The van der Waals surface area contributed by atoms with Gasteiger partial charge in [0.05, 0.1) is 24.8 Å². The van der Waals surface area contributed by atoms with Gasteiger partial charge in [-0.1, -0.05) is 18.2 Å². The molecule has 2 heterocycles. The summed E-state index contributed by atoms with van der Waals surface area (Å²) in [5, 5.41) is 12.5. The Balaban J connectivity index is 1.69. The quantitative estimate of drug-likeness (QED) is 0.897. The van der Waals surface area contributed by atoms with Gasteiger partial charge < -0.3 is 15.2 Å². The maximum atomic E-state index is 12.5. The van der Waals surface area contributed by atoms with Gasteiger partial charge in [0.1, 0.15) is 15.6 Å². The zero-order valence-corrected chi connectivity index (χ0v) is 13.4. The Morgan fingerprint density at radius 1 is 1.43 bits per heavy atom. The molecular formula is C16H16N2O4S. The normalized spacial score (nSPS) is 16.3. The smallest absolute Gasteiger partial charge is 0.347 e. The monoisotopic (exact) mass is 332 g/mol. The maximum absolute atomic E-state index is 12.5. The Morgan fingerprint density at radius 3 is 2.96 bits per heavy atom. The van der Waals surface area contributed by atoms with Crippen molar-refractivity contribution in [2.24, 2.45) is 0 Å². The summed E-state index contributed by atoms with van der Waals surface area (Å²) in [6.45, 7) is 2.39. The topological polar surface area (TPSA) is 88.5 Å². The number of nitrogens with zero attached hydrogens (tertiary/aromatic N) is 1. The van der Waals surface area contributed by atoms with Crippen LogP contribution in [0.1, 0.15) is 38.3 Å². The number of rotatable bonds is 4. The van der Waals surface area contributed by atoms with Gasteiger partial charge in [-0.15, -0.1) is 11.3 Å². The molecule has 1 amide bonds. The number of amides is 1. The summed E-state index contributed by atoms with van der Waals surface area (Å²) >= 11 is 1.09. The first-order chi connectivity index (χ1) is 11.1. The molecule has 1 unspecified atom stereocenters. The molecule has 23 heavy (non-hydrogen) atoms. The van der Waals surface area contributed by atoms with E-state index in [4.69, 9.17) is 9.84 Å². The number of para-hydroxylation sites is 1. The highest BCUT2D eigenvalue weighted by molar-refractivity contribution is 7.13. The molecule has 3 rings (SSSR count). The number of hydrogen-bond acceptors (Lipinski definition) is 5. The molecule has 7 heteroatoms. The summed E-state index contributed by atoms with van der Waals surface area (Å²) in [5.41, 5.74) is 1.36. The second-order valence-corrected chi connectivity index (χ2v) is 6.36. The van der Waals surface area contributed by atoms with Crippen molar-refractivity contribution in [3.8, 4) is 5.75 Å². The second kappa shape index (κ2) is 6.37. The molecule has 1 atom stereocenters. The van der Waals surface area contributed by atoms with Gasteiger partial charge in [-0.05, 0) is 19.4 Å². The number of carbonyl (C=O) groups is 2. The van der Waals surface area contributed by atoms with Gasteiger partial charge in [-0.2, -0.15) is 0 Å². The predicted octanol–water partition coefficient (Wildman–Crippen LogP) is 2.33. The van der Waals surface area contributed by atoms with Gasteiger partial charge in [-0.3, -0.25) is 4.79 Å². The zero-order chi connectivity index (χ0) is 16.4. The van der Waals surface area contributed by atoms with Crippen molar-refractivity contribution >= 4 is 23.2 Å². The number of carboxylic acids is 1. The molecule has 1 aliphatic heterocycles. The highest BCUT2D eigenvalue weighted by atomic mass is 32.1. The minimum Gasteiger partial charge on any atom is -0.493 e. The van der Waals surface area contributed by atoms with Crippen LogP contribution >= 0.6 is 11.3 Å². The largest absolute Gasteiger partial charge is 0.493 e. The van der Waals surface area contributed by atoms with E-state index in [-0.39, 0.29) is 23.2 Å². The Morgan fingerprint density at radius 2 is 2.22 bits per heavy atom. The number of benzene rings is 1. The van der Waals surface area contributed by atoms with Gasteiger partial charge in [-0.25, -0.2) is 9.78 Å². The van der Waals surface area contributed by atoms with Crippen LogP contribution in [0.2, 0.25) is 0 Å². The number of carboxylic acid groups (broad SMARTS) is 1. The molecule has 2 N–H and O–H groups in total. The van der Waals surface area contributed by atoms with E-state index in [0.29, 0.717) is 23.7 Å².